The molecule has 0 aliphatic rings. The van der Waals surface area contributed by atoms with Crippen molar-refractivity contribution in [1.29, 1.82) is 0 Å². The first kappa shape index (κ1) is 18.9. The molecular weight excluding hydrogens is 362 g/mol. The van der Waals surface area contributed by atoms with Crippen LogP contribution in [-0.4, -0.2) is 0 Å². The van der Waals surface area contributed by atoms with Crippen molar-refractivity contribution >= 4 is 43.7 Å². The summed E-state index contributed by atoms with van der Waals surface area (Å²) in [6.45, 7) is 11.1. The summed E-state index contributed by atoms with van der Waals surface area (Å²) in [5, 5.41) is 12.1. The third-order valence-electron chi connectivity index (χ3n) is 6.54. The highest BCUT2D eigenvalue weighted by Crippen LogP contribution is 2.42. The fourth-order valence-corrected chi connectivity index (χ4v) is 5.22. The summed E-state index contributed by atoms with van der Waals surface area (Å²) in [6.07, 6.45) is 2.08. The minimum Gasteiger partial charge on any atom is -0.355 e. The third kappa shape index (κ3) is 2.84. The minimum atomic E-state index is 1.02. The second-order valence-electron chi connectivity index (χ2n) is 8.72. The SMILES string of the molecule is CCc1cc(C)c2ccc3c(CC)cc(Nc4cc(C)cc(C)c4)c4ccc1c2c34. The van der Waals surface area contributed by atoms with E-state index in [1.165, 1.54) is 65.8 Å². The Bertz CT molecular complexity index is 1390. The van der Waals surface area contributed by atoms with Gasteiger partial charge in [-0.2, -0.15) is 0 Å². The number of hydrogen-bond acceptors (Lipinski definition) is 1. The number of aryl methyl sites for hydroxylation is 5. The summed E-state index contributed by atoms with van der Waals surface area (Å²) in [5.41, 5.74) is 9.17. The number of nitrogens with one attached hydrogen (secondary N) is 1. The van der Waals surface area contributed by atoms with Gasteiger partial charge in [-0.3, -0.25) is 0 Å². The predicted molar refractivity (Wildman–Crippen MR) is 133 cm³/mol. The maximum atomic E-state index is 3.76. The molecule has 0 saturated carbocycles. The maximum absolute atomic E-state index is 3.76. The molecule has 1 heteroatoms. The Balaban J connectivity index is 1.87. The normalized spacial score (nSPS) is 11.8. The molecule has 1 nitrogen and oxygen atoms in total. The Labute approximate surface area is 179 Å². The highest BCUT2D eigenvalue weighted by Gasteiger charge is 2.16. The van der Waals surface area contributed by atoms with E-state index in [4.69, 9.17) is 0 Å². The summed E-state index contributed by atoms with van der Waals surface area (Å²) in [6, 6.07) is 20.7. The highest BCUT2D eigenvalue weighted by atomic mass is 14.9. The van der Waals surface area contributed by atoms with E-state index >= 15 is 0 Å². The lowest BCUT2D eigenvalue weighted by atomic mass is 9.86. The summed E-state index contributed by atoms with van der Waals surface area (Å²) >= 11 is 0. The van der Waals surface area contributed by atoms with Crippen molar-refractivity contribution in [3.05, 3.63) is 82.4 Å². The monoisotopic (exact) mass is 391 g/mol. The van der Waals surface area contributed by atoms with Crippen LogP contribution in [0.2, 0.25) is 0 Å². The molecule has 0 fully saturated rings. The fraction of sp³-hybridized carbons (Fsp3) is 0.241. The van der Waals surface area contributed by atoms with E-state index in [2.05, 4.69) is 94.5 Å². The van der Waals surface area contributed by atoms with Crippen LogP contribution < -0.4 is 5.32 Å². The second-order valence-corrected chi connectivity index (χ2v) is 8.72. The van der Waals surface area contributed by atoms with Crippen molar-refractivity contribution in [2.24, 2.45) is 0 Å². The van der Waals surface area contributed by atoms with Crippen LogP contribution in [0, 0.1) is 20.8 Å². The zero-order valence-electron chi connectivity index (χ0n) is 18.6. The molecule has 5 aromatic carbocycles. The molecule has 0 bridgehead atoms. The number of benzene rings is 5. The molecule has 0 heterocycles. The summed E-state index contributed by atoms with van der Waals surface area (Å²) in [4.78, 5) is 0. The van der Waals surface area contributed by atoms with Gasteiger partial charge in [-0.1, -0.05) is 50.2 Å². The van der Waals surface area contributed by atoms with Gasteiger partial charge < -0.3 is 5.32 Å². The molecule has 0 spiro atoms. The predicted octanol–water partition coefficient (Wildman–Crippen LogP) is 8.38. The van der Waals surface area contributed by atoms with E-state index in [1.54, 1.807) is 0 Å². The van der Waals surface area contributed by atoms with E-state index in [9.17, 15) is 0 Å². The Morgan fingerprint density at radius 1 is 0.600 bits per heavy atom. The molecule has 0 radical (unpaired) electrons. The molecule has 0 aromatic heterocycles. The third-order valence-corrected chi connectivity index (χ3v) is 6.54. The zero-order valence-corrected chi connectivity index (χ0v) is 18.6. The lowest BCUT2D eigenvalue weighted by Gasteiger charge is -2.20. The average Bonchev–Trinajstić information content (AvgIpc) is 2.72. The average molecular weight is 392 g/mol. The first-order chi connectivity index (χ1) is 14.5. The number of rotatable bonds is 4. The summed E-state index contributed by atoms with van der Waals surface area (Å²) in [7, 11) is 0. The van der Waals surface area contributed by atoms with Gasteiger partial charge in [0, 0.05) is 16.8 Å². The first-order valence-corrected chi connectivity index (χ1v) is 11.1. The molecule has 150 valence electrons. The van der Waals surface area contributed by atoms with E-state index < -0.39 is 0 Å². The standard InChI is InChI=1S/C29H29N/c1-6-20-15-19(5)23-8-9-25-21(7-2)16-27(26-11-10-24(20)28(23)29(25)26)30-22-13-17(3)12-18(4)14-22/h8-16,30H,6-7H2,1-5H3. The minimum absolute atomic E-state index is 1.02. The van der Waals surface area contributed by atoms with Crippen LogP contribution in [0.1, 0.15) is 41.7 Å². The van der Waals surface area contributed by atoms with Gasteiger partial charge >= 0.3 is 0 Å². The quantitative estimate of drug-likeness (QED) is 0.303. The van der Waals surface area contributed by atoms with Crippen molar-refractivity contribution in [2.45, 2.75) is 47.5 Å². The Hall–Kier alpha value is -3.06. The molecule has 0 unspecified atom stereocenters. The van der Waals surface area contributed by atoms with E-state index in [-0.39, 0.29) is 0 Å². The van der Waals surface area contributed by atoms with E-state index in [1.807, 2.05) is 0 Å². The summed E-state index contributed by atoms with van der Waals surface area (Å²) < 4.78 is 0. The first-order valence-electron chi connectivity index (χ1n) is 11.1. The largest absolute Gasteiger partial charge is 0.355 e. The Morgan fingerprint density at radius 2 is 1.13 bits per heavy atom. The maximum Gasteiger partial charge on any atom is 0.0467 e. The molecule has 0 amide bonds. The Morgan fingerprint density at radius 3 is 1.77 bits per heavy atom. The lowest BCUT2D eigenvalue weighted by Crippen LogP contribution is -1.98. The van der Waals surface area contributed by atoms with Gasteiger partial charge in [0.25, 0.3) is 0 Å². The topological polar surface area (TPSA) is 12.0 Å². The molecule has 0 atom stereocenters. The molecule has 0 aliphatic carbocycles. The highest BCUT2D eigenvalue weighted by molar-refractivity contribution is 6.27. The van der Waals surface area contributed by atoms with Crippen LogP contribution >= 0.6 is 0 Å². The van der Waals surface area contributed by atoms with Crippen molar-refractivity contribution in [3.63, 3.8) is 0 Å². The van der Waals surface area contributed by atoms with Gasteiger partial charge in [0.15, 0.2) is 0 Å². The van der Waals surface area contributed by atoms with Gasteiger partial charge in [0.1, 0.15) is 0 Å². The van der Waals surface area contributed by atoms with E-state index in [0.717, 1.165) is 18.5 Å². The van der Waals surface area contributed by atoms with Crippen LogP contribution in [0.25, 0.3) is 32.3 Å². The van der Waals surface area contributed by atoms with Gasteiger partial charge in [-0.15, -0.1) is 0 Å². The number of anilines is 2. The molecule has 5 aromatic rings. The van der Waals surface area contributed by atoms with Crippen LogP contribution in [0.4, 0.5) is 11.4 Å². The van der Waals surface area contributed by atoms with Crippen molar-refractivity contribution < 1.29 is 0 Å². The zero-order chi connectivity index (χ0) is 21.0. The fourth-order valence-electron chi connectivity index (χ4n) is 5.22. The molecule has 1 N–H and O–H groups in total. The van der Waals surface area contributed by atoms with Crippen molar-refractivity contribution in [1.82, 2.24) is 0 Å². The summed E-state index contributed by atoms with van der Waals surface area (Å²) in [5.74, 6) is 0. The van der Waals surface area contributed by atoms with Gasteiger partial charge in [0.05, 0.1) is 0 Å². The Kier molecular flexibility index (Phi) is 4.43. The van der Waals surface area contributed by atoms with Crippen LogP contribution in [0.15, 0.2) is 54.6 Å². The van der Waals surface area contributed by atoms with Crippen molar-refractivity contribution in [2.75, 3.05) is 5.32 Å². The molecule has 30 heavy (non-hydrogen) atoms. The van der Waals surface area contributed by atoms with Gasteiger partial charge in [-0.05, 0) is 107 Å². The van der Waals surface area contributed by atoms with Gasteiger partial charge in [-0.25, -0.2) is 0 Å². The second kappa shape index (κ2) is 7.02. The van der Waals surface area contributed by atoms with Gasteiger partial charge in [0.2, 0.25) is 0 Å². The lowest BCUT2D eigenvalue weighted by molar-refractivity contribution is 1.15. The molecule has 0 saturated heterocycles. The number of hydrogen-bond donors (Lipinski definition) is 1. The molecule has 0 aliphatic heterocycles. The molecule has 5 rings (SSSR count). The van der Waals surface area contributed by atoms with Crippen LogP contribution in [0.5, 0.6) is 0 Å². The van der Waals surface area contributed by atoms with Crippen LogP contribution in [0.3, 0.4) is 0 Å². The smallest absolute Gasteiger partial charge is 0.0467 e. The van der Waals surface area contributed by atoms with Crippen LogP contribution in [-0.2, 0) is 12.8 Å². The molecular formula is C29H29N. The van der Waals surface area contributed by atoms with E-state index in [0.29, 0.717) is 0 Å². The van der Waals surface area contributed by atoms with Crippen molar-refractivity contribution in [3.8, 4) is 0 Å².